The van der Waals surface area contributed by atoms with E-state index >= 15 is 0 Å². The van der Waals surface area contributed by atoms with Gasteiger partial charge >= 0.3 is 17.9 Å². The van der Waals surface area contributed by atoms with Gasteiger partial charge in [-0.2, -0.15) is 0 Å². The van der Waals surface area contributed by atoms with Gasteiger partial charge in [-0.3, -0.25) is 47.9 Å². The lowest BCUT2D eigenvalue weighted by atomic mass is 9.85. The molecule has 1 fully saturated rings. The highest BCUT2D eigenvalue weighted by Gasteiger charge is 2.36. The van der Waals surface area contributed by atoms with Gasteiger partial charge in [0.1, 0.15) is 47.2 Å². The largest absolute Gasteiger partial charge is 0.460 e. The van der Waals surface area contributed by atoms with Crippen LogP contribution in [0, 0.1) is 12.8 Å². The van der Waals surface area contributed by atoms with Crippen LogP contribution < -0.4 is 36.8 Å². The minimum absolute atomic E-state index is 0.00690. The van der Waals surface area contributed by atoms with Crippen LogP contribution in [0.1, 0.15) is 163 Å². The monoisotopic (exact) mass is 1120 g/mol. The Morgan fingerprint density at radius 3 is 1.66 bits per heavy atom. The third-order valence-corrected chi connectivity index (χ3v) is 13.3. The minimum Gasteiger partial charge on any atom is -0.460 e. The molecule has 2 aromatic heterocycles. The predicted octanol–water partition coefficient (Wildman–Crippen LogP) is 5.82. The molecular formula is C57H84N8O13S. The summed E-state index contributed by atoms with van der Waals surface area (Å²) in [5, 5.41) is 18.1. The summed E-state index contributed by atoms with van der Waals surface area (Å²) in [5.41, 5.74) is 0.276. The Hall–Kier alpha value is -6.84. The number of esters is 3. The Morgan fingerprint density at radius 2 is 1.16 bits per heavy atom. The van der Waals surface area contributed by atoms with Gasteiger partial charge in [0, 0.05) is 44.2 Å². The molecule has 21 nitrogen and oxygen atoms in total. The van der Waals surface area contributed by atoms with Crippen molar-refractivity contribution in [2.75, 3.05) is 24.5 Å². The number of aromatic nitrogens is 1. The second-order valence-electron chi connectivity index (χ2n) is 23.0. The first kappa shape index (κ1) is 64.7. The molecule has 6 N–H and O–H groups in total. The van der Waals surface area contributed by atoms with Crippen molar-refractivity contribution in [1.29, 1.82) is 0 Å². The molecule has 1 aliphatic rings. The summed E-state index contributed by atoms with van der Waals surface area (Å²) in [7, 11) is 0. The Labute approximate surface area is 468 Å². The van der Waals surface area contributed by atoms with Gasteiger partial charge in [-0.15, -0.1) is 11.3 Å². The molecule has 0 aliphatic heterocycles. The van der Waals surface area contributed by atoms with Crippen LogP contribution in [0.4, 0.5) is 5.69 Å². The molecule has 79 heavy (non-hydrogen) atoms. The van der Waals surface area contributed by atoms with Crippen molar-refractivity contribution < 1.29 is 62.2 Å². The Morgan fingerprint density at radius 1 is 0.658 bits per heavy atom. The number of ether oxygens (including phenoxy) is 3. The number of aryl methyl sites for hydroxylation is 1. The van der Waals surface area contributed by atoms with Crippen molar-refractivity contribution in [2.45, 2.75) is 201 Å². The number of rotatable bonds is 26. The number of nitrogens with zero attached hydrogens (tertiary/aromatic N) is 2. The van der Waals surface area contributed by atoms with Crippen LogP contribution in [0.5, 0.6) is 0 Å². The normalized spacial score (nSPS) is 15.8. The standard InChI is InChI=1S/C57H84N8O13S/c1-13-64(39-20-18-19-35(2)29-39)46(67)34-65-43-25-28-79-45(43)33-44(65)54(75)61-38-23-21-37(22-24-38)50(71)58-26-16-14-15-17-27-59-51(72)40(30-47(68)76-55(4,5)6)62-53(74)42(32-49(70)78-57(10,11)12)63-52(73)41(60-36(3)66)31-48(69)77-56(7,8)9/h18-20,25,28-29,33,37-38,40-42H,13-17,21-24,26-27,30-32,34H2,1-12H3,(H,58,71)(H,59,72)(H,60,66)(H,61,75)(H,62,74)(H,63,73)/t37-,38-,40-,41-,42-/m0/s1. The SMILES string of the molecule is CCN(C(=O)Cn1c(C(=O)N[C@H]2CC[C@H](C(=O)NCCCCCCNC(=O)[C@H](CC(=O)OC(C)(C)C)NC(=O)[C@H](CC(=O)OC(C)(C)C)NC(=O)[C@H](CC(=O)OC(C)(C)C)NC(C)=O)CC2)cc2sccc21)c1cccc(C)c1. The van der Waals surface area contributed by atoms with E-state index in [1.54, 1.807) is 71.8 Å². The van der Waals surface area contributed by atoms with Crippen LogP contribution >= 0.6 is 11.3 Å². The van der Waals surface area contributed by atoms with E-state index in [1.165, 1.54) is 11.3 Å². The van der Waals surface area contributed by atoms with E-state index in [1.807, 2.05) is 55.6 Å². The third kappa shape index (κ3) is 22.4. The number of thiophene rings is 1. The van der Waals surface area contributed by atoms with Gasteiger partial charge in [-0.1, -0.05) is 25.0 Å². The molecule has 0 radical (unpaired) electrons. The second-order valence-corrected chi connectivity index (χ2v) is 24.0. The average Bonchev–Trinajstić information content (AvgIpc) is 4.08. The highest BCUT2D eigenvalue weighted by Crippen LogP contribution is 2.29. The van der Waals surface area contributed by atoms with Crippen LogP contribution in [0.15, 0.2) is 41.8 Å². The first-order valence-electron chi connectivity index (χ1n) is 27.2. The van der Waals surface area contributed by atoms with Gasteiger partial charge in [0.05, 0.1) is 29.5 Å². The van der Waals surface area contributed by atoms with Gasteiger partial charge < -0.3 is 55.6 Å². The summed E-state index contributed by atoms with van der Waals surface area (Å²) in [6.07, 6.45) is 3.14. The maximum absolute atomic E-state index is 14.0. The first-order valence-corrected chi connectivity index (χ1v) is 28.1. The van der Waals surface area contributed by atoms with Crippen LogP contribution in [-0.4, -0.2) is 124 Å². The average molecular weight is 1120 g/mol. The molecule has 0 unspecified atom stereocenters. The molecule has 0 spiro atoms. The molecule has 22 heteroatoms. The third-order valence-electron chi connectivity index (χ3n) is 12.4. The number of anilines is 1. The summed E-state index contributed by atoms with van der Waals surface area (Å²) >= 11 is 1.51. The molecule has 4 rings (SSSR count). The van der Waals surface area contributed by atoms with Gasteiger partial charge in [-0.25, -0.2) is 0 Å². The van der Waals surface area contributed by atoms with Crippen LogP contribution in [-0.2, 0) is 63.9 Å². The van der Waals surface area contributed by atoms with Gasteiger partial charge in [0.2, 0.25) is 35.4 Å². The molecule has 3 aromatic rings. The van der Waals surface area contributed by atoms with Crippen molar-refractivity contribution >= 4 is 86.5 Å². The maximum atomic E-state index is 14.0. The Balaban J connectivity index is 1.26. The lowest BCUT2D eigenvalue weighted by Gasteiger charge is -2.28. The summed E-state index contributed by atoms with van der Waals surface area (Å²) in [4.78, 5) is 134. The zero-order valence-electron chi connectivity index (χ0n) is 48.1. The van der Waals surface area contributed by atoms with Crippen molar-refractivity contribution in [3.63, 3.8) is 0 Å². The van der Waals surface area contributed by atoms with Gasteiger partial charge in [-0.05, 0) is 150 Å². The predicted molar refractivity (Wildman–Crippen MR) is 300 cm³/mol. The van der Waals surface area contributed by atoms with E-state index in [9.17, 15) is 47.9 Å². The number of unbranched alkanes of at least 4 members (excludes halogenated alkanes) is 3. The molecule has 1 aromatic carbocycles. The number of carbonyl (C=O) groups is 10. The van der Waals surface area contributed by atoms with Crippen molar-refractivity contribution in [1.82, 2.24) is 36.5 Å². The topological polar surface area (TPSA) is 279 Å². The van der Waals surface area contributed by atoms with E-state index in [2.05, 4.69) is 31.9 Å². The minimum atomic E-state index is -1.69. The number of hydrogen-bond acceptors (Lipinski definition) is 14. The van der Waals surface area contributed by atoms with E-state index in [-0.39, 0.29) is 42.8 Å². The molecule has 0 bridgehead atoms. The summed E-state index contributed by atoms with van der Waals surface area (Å²) < 4.78 is 18.9. The maximum Gasteiger partial charge on any atom is 0.308 e. The van der Waals surface area contributed by atoms with Crippen molar-refractivity contribution in [3.8, 4) is 0 Å². The Kier molecular flexibility index (Phi) is 24.1. The van der Waals surface area contributed by atoms with E-state index in [4.69, 9.17) is 14.2 Å². The fourth-order valence-corrected chi connectivity index (χ4v) is 9.80. The second kappa shape index (κ2) is 29.4. The lowest BCUT2D eigenvalue weighted by Crippen LogP contribution is -2.58. The molecule has 3 atom stereocenters. The van der Waals surface area contributed by atoms with Crippen molar-refractivity contribution in [3.05, 3.63) is 53.0 Å². The number of benzene rings is 1. The molecule has 1 aliphatic carbocycles. The fourth-order valence-electron chi connectivity index (χ4n) is 8.98. The van der Waals surface area contributed by atoms with E-state index in [0.29, 0.717) is 63.7 Å². The number of amides is 7. The first-order chi connectivity index (χ1) is 36.9. The number of nitrogens with one attached hydrogen (secondary N) is 6. The van der Waals surface area contributed by atoms with Crippen LogP contribution in [0.25, 0.3) is 10.2 Å². The van der Waals surface area contributed by atoms with Gasteiger partial charge in [0.25, 0.3) is 5.91 Å². The number of fused-ring (bicyclic) bond motifs is 1. The molecule has 0 saturated heterocycles. The molecule has 1 saturated carbocycles. The quantitative estimate of drug-likeness (QED) is 0.0315. The number of carbonyl (C=O) groups excluding carboxylic acids is 10. The highest BCUT2D eigenvalue weighted by molar-refractivity contribution is 7.17. The van der Waals surface area contributed by atoms with E-state index < -0.39 is 95.7 Å². The van der Waals surface area contributed by atoms with Crippen molar-refractivity contribution in [2.24, 2.45) is 5.92 Å². The zero-order chi connectivity index (χ0) is 58.8. The summed E-state index contributed by atoms with van der Waals surface area (Å²) in [6.45, 7) is 20.7. The lowest BCUT2D eigenvalue weighted by molar-refractivity contribution is -0.159. The van der Waals surface area contributed by atoms with Crippen LogP contribution in [0.2, 0.25) is 0 Å². The summed E-state index contributed by atoms with van der Waals surface area (Å²) in [6, 6.07) is 6.69. The molecule has 436 valence electrons. The van der Waals surface area contributed by atoms with Gasteiger partial charge in [0.15, 0.2) is 0 Å². The highest BCUT2D eigenvalue weighted by atomic mass is 32.1. The molecule has 2 heterocycles. The molecule has 7 amide bonds. The Bertz CT molecular complexity index is 2630. The summed E-state index contributed by atoms with van der Waals surface area (Å²) in [5.74, 6) is -6.57. The molecular weight excluding hydrogens is 1040 g/mol. The fraction of sp³-hybridized carbons (Fsp3) is 0.614. The number of likely N-dealkylation sites (N-methyl/N-ethyl adjacent to an activating group) is 1. The van der Waals surface area contributed by atoms with Crippen LogP contribution in [0.3, 0.4) is 0 Å². The zero-order valence-corrected chi connectivity index (χ0v) is 49.0. The van der Waals surface area contributed by atoms with E-state index in [0.717, 1.165) is 34.8 Å². The number of hydrogen-bond donors (Lipinski definition) is 6. The smallest absolute Gasteiger partial charge is 0.308 e.